The Labute approximate surface area is 167 Å². The predicted molar refractivity (Wildman–Crippen MR) is 115 cm³/mol. The first-order chi connectivity index (χ1) is 11.1. The van der Waals surface area contributed by atoms with Gasteiger partial charge in [0.15, 0.2) is 5.96 Å². The molecule has 0 radical (unpaired) electrons. The molecule has 1 unspecified atom stereocenters. The van der Waals surface area contributed by atoms with Crippen LogP contribution in [0.4, 0.5) is 0 Å². The zero-order valence-corrected chi connectivity index (χ0v) is 18.3. The fraction of sp³-hybridized carbons (Fsp3) is 0.647. The molecule has 0 saturated heterocycles. The number of nitrogens with one attached hydrogen (secondary N) is 2. The number of thiophene rings is 1. The molecule has 1 heterocycles. The maximum atomic E-state index is 11.8. The van der Waals surface area contributed by atoms with Crippen molar-refractivity contribution >= 4 is 47.2 Å². The molecule has 1 aromatic heterocycles. The number of hydrogen-bond acceptors (Lipinski definition) is 3. The average molecular weight is 466 g/mol. The van der Waals surface area contributed by atoms with Crippen molar-refractivity contribution in [1.29, 1.82) is 0 Å². The van der Waals surface area contributed by atoms with E-state index in [0.29, 0.717) is 13.0 Å². The number of aliphatic imine (C=N–C) groups is 1. The number of carbonyl (C=O) groups excluding carboxylic acids is 1. The van der Waals surface area contributed by atoms with Crippen LogP contribution >= 0.6 is 35.3 Å². The molecular weight excluding hydrogens is 435 g/mol. The summed E-state index contributed by atoms with van der Waals surface area (Å²) in [6.07, 6.45) is 2.38. The van der Waals surface area contributed by atoms with Crippen LogP contribution in [-0.4, -0.2) is 49.5 Å². The number of likely N-dealkylation sites (N-methyl/N-ethyl adjacent to an activating group) is 1. The number of carbonyl (C=O) groups is 1. The van der Waals surface area contributed by atoms with E-state index in [0.717, 1.165) is 31.9 Å². The predicted octanol–water partition coefficient (Wildman–Crippen LogP) is 3.11. The van der Waals surface area contributed by atoms with Gasteiger partial charge in [0.25, 0.3) is 0 Å². The van der Waals surface area contributed by atoms with E-state index in [9.17, 15) is 4.79 Å². The van der Waals surface area contributed by atoms with Crippen LogP contribution in [0.5, 0.6) is 0 Å². The first-order valence-electron chi connectivity index (χ1n) is 8.38. The van der Waals surface area contributed by atoms with Gasteiger partial charge in [0, 0.05) is 37.5 Å². The van der Waals surface area contributed by atoms with Crippen LogP contribution in [0.15, 0.2) is 22.5 Å². The third kappa shape index (κ3) is 9.46. The van der Waals surface area contributed by atoms with Crippen LogP contribution in [0.1, 0.15) is 38.5 Å². The third-order valence-corrected chi connectivity index (χ3v) is 4.53. The molecule has 0 aliphatic carbocycles. The summed E-state index contributed by atoms with van der Waals surface area (Å²) in [4.78, 5) is 19.8. The lowest BCUT2D eigenvalue weighted by atomic mass is 10.2. The van der Waals surface area contributed by atoms with Crippen LogP contribution < -0.4 is 10.6 Å². The number of nitrogens with zero attached hydrogens (tertiary/aromatic N) is 2. The third-order valence-electron chi connectivity index (χ3n) is 3.59. The highest BCUT2D eigenvalue weighted by atomic mass is 127. The zero-order valence-electron chi connectivity index (χ0n) is 15.2. The van der Waals surface area contributed by atoms with E-state index >= 15 is 0 Å². The Morgan fingerprint density at radius 3 is 2.75 bits per heavy atom. The number of halogens is 1. The minimum absolute atomic E-state index is 0. The number of hydrogen-bond donors (Lipinski definition) is 2. The highest BCUT2D eigenvalue weighted by Crippen LogP contribution is 2.09. The molecular formula is C17H31IN4OS. The first-order valence-corrected chi connectivity index (χ1v) is 9.25. The maximum Gasteiger partial charge on any atom is 0.222 e. The van der Waals surface area contributed by atoms with Crippen molar-refractivity contribution in [2.24, 2.45) is 4.99 Å². The molecule has 2 N–H and O–H groups in total. The highest BCUT2D eigenvalue weighted by molar-refractivity contribution is 14.0. The zero-order chi connectivity index (χ0) is 17.1. The summed E-state index contributed by atoms with van der Waals surface area (Å²) in [5.74, 6) is 0.931. The molecule has 24 heavy (non-hydrogen) atoms. The lowest BCUT2D eigenvalue weighted by Crippen LogP contribution is -2.40. The quantitative estimate of drug-likeness (QED) is 0.334. The Morgan fingerprint density at radius 2 is 2.17 bits per heavy atom. The lowest BCUT2D eigenvalue weighted by molar-refractivity contribution is -0.121. The molecule has 0 aromatic carbocycles. The fourth-order valence-corrected chi connectivity index (χ4v) is 2.72. The van der Waals surface area contributed by atoms with Crippen molar-refractivity contribution in [2.75, 3.05) is 26.7 Å². The Kier molecular flexibility index (Phi) is 13.0. The first kappa shape index (κ1) is 23.2. The van der Waals surface area contributed by atoms with E-state index < -0.39 is 0 Å². The van der Waals surface area contributed by atoms with Gasteiger partial charge in [-0.1, -0.05) is 13.0 Å². The second-order valence-electron chi connectivity index (χ2n) is 5.61. The molecule has 7 heteroatoms. The van der Waals surface area contributed by atoms with Crippen LogP contribution in [-0.2, 0) is 11.2 Å². The molecule has 0 fully saturated rings. The summed E-state index contributed by atoms with van der Waals surface area (Å²) < 4.78 is 0. The largest absolute Gasteiger partial charge is 0.357 e. The van der Waals surface area contributed by atoms with Crippen molar-refractivity contribution < 1.29 is 4.79 Å². The molecule has 1 rings (SSSR count). The van der Waals surface area contributed by atoms with Gasteiger partial charge in [-0.15, -0.1) is 35.3 Å². The van der Waals surface area contributed by atoms with Crippen molar-refractivity contribution in [2.45, 2.75) is 46.1 Å². The van der Waals surface area contributed by atoms with Gasteiger partial charge in [0.1, 0.15) is 0 Å². The summed E-state index contributed by atoms with van der Waals surface area (Å²) in [5, 5.41) is 8.35. The normalized spacial score (nSPS) is 12.2. The van der Waals surface area contributed by atoms with Gasteiger partial charge in [0.2, 0.25) is 5.91 Å². The fourth-order valence-electron chi connectivity index (χ4n) is 2.02. The van der Waals surface area contributed by atoms with Crippen LogP contribution in [0.25, 0.3) is 0 Å². The monoisotopic (exact) mass is 466 g/mol. The summed E-state index contributed by atoms with van der Waals surface area (Å²) >= 11 is 1.78. The molecule has 0 aliphatic rings. The van der Waals surface area contributed by atoms with Crippen molar-refractivity contribution in [3.8, 4) is 0 Å². The van der Waals surface area contributed by atoms with Crippen LogP contribution in [0.2, 0.25) is 0 Å². The van der Waals surface area contributed by atoms with E-state index in [4.69, 9.17) is 0 Å². The van der Waals surface area contributed by atoms with E-state index in [-0.39, 0.29) is 35.9 Å². The Hall–Kier alpha value is -0.830. The SMILES string of the molecule is CCNC(=NCCC(=O)NC(C)CC)N(C)CCc1cccs1.I. The minimum Gasteiger partial charge on any atom is -0.357 e. The van der Waals surface area contributed by atoms with Crippen molar-refractivity contribution in [1.82, 2.24) is 15.5 Å². The number of rotatable bonds is 9. The van der Waals surface area contributed by atoms with Gasteiger partial charge in [-0.05, 0) is 38.1 Å². The smallest absolute Gasteiger partial charge is 0.222 e. The van der Waals surface area contributed by atoms with Crippen molar-refractivity contribution in [3.63, 3.8) is 0 Å². The Balaban J connectivity index is 0.00000529. The molecule has 1 atom stereocenters. The summed E-state index contributed by atoms with van der Waals surface area (Å²) in [5.41, 5.74) is 0. The van der Waals surface area contributed by atoms with E-state index in [1.807, 2.05) is 14.0 Å². The molecule has 1 aromatic rings. The Morgan fingerprint density at radius 1 is 1.42 bits per heavy atom. The minimum atomic E-state index is 0. The molecule has 0 bridgehead atoms. The van der Waals surface area contributed by atoms with Gasteiger partial charge in [0.05, 0.1) is 6.54 Å². The van der Waals surface area contributed by atoms with Gasteiger partial charge >= 0.3 is 0 Å². The number of guanidine groups is 1. The second-order valence-corrected chi connectivity index (χ2v) is 6.65. The molecule has 0 spiro atoms. The van der Waals surface area contributed by atoms with E-state index in [2.05, 4.69) is 51.9 Å². The van der Waals surface area contributed by atoms with Crippen molar-refractivity contribution in [3.05, 3.63) is 22.4 Å². The summed E-state index contributed by atoms with van der Waals surface area (Å²) in [7, 11) is 2.04. The molecule has 138 valence electrons. The highest BCUT2D eigenvalue weighted by Gasteiger charge is 2.08. The summed E-state index contributed by atoms with van der Waals surface area (Å²) in [6.45, 7) is 8.37. The Bertz CT molecular complexity index is 479. The maximum absolute atomic E-state index is 11.8. The molecule has 0 aliphatic heterocycles. The average Bonchev–Trinajstić information content (AvgIpc) is 3.05. The van der Waals surface area contributed by atoms with E-state index in [1.165, 1.54) is 4.88 Å². The van der Waals surface area contributed by atoms with Gasteiger partial charge in [-0.25, -0.2) is 0 Å². The summed E-state index contributed by atoms with van der Waals surface area (Å²) in [6, 6.07) is 4.46. The topological polar surface area (TPSA) is 56.7 Å². The molecule has 1 amide bonds. The van der Waals surface area contributed by atoms with Gasteiger partial charge in [-0.3, -0.25) is 9.79 Å². The second kappa shape index (κ2) is 13.5. The van der Waals surface area contributed by atoms with Crippen LogP contribution in [0.3, 0.4) is 0 Å². The van der Waals surface area contributed by atoms with Gasteiger partial charge < -0.3 is 15.5 Å². The number of amides is 1. The van der Waals surface area contributed by atoms with E-state index in [1.54, 1.807) is 11.3 Å². The standard InChI is InChI=1S/C17H30N4OS.HI/c1-5-14(3)20-16(22)9-11-19-17(18-6-2)21(4)12-10-15-8-7-13-23-15;/h7-8,13-14H,5-6,9-12H2,1-4H3,(H,18,19)(H,20,22);1H. The lowest BCUT2D eigenvalue weighted by Gasteiger charge is -2.21. The van der Waals surface area contributed by atoms with Gasteiger partial charge in [-0.2, -0.15) is 0 Å². The molecule has 0 saturated carbocycles. The molecule has 5 nitrogen and oxygen atoms in total. The van der Waals surface area contributed by atoms with Crippen LogP contribution in [0, 0.1) is 0 Å².